The molecule has 1 heterocycles. The highest BCUT2D eigenvalue weighted by Crippen LogP contribution is 2.68. The molecular formula is C2H2O7P2-4. The van der Waals surface area contributed by atoms with E-state index in [0.29, 0.717) is 0 Å². The Bertz CT molecular complexity index is 230. The molecule has 0 saturated carbocycles. The highest BCUT2D eigenvalue weighted by molar-refractivity contribution is 7.69. The molecule has 0 atom stereocenters. The van der Waals surface area contributed by atoms with Crippen molar-refractivity contribution in [2.75, 3.05) is 6.61 Å². The molecule has 1 aliphatic heterocycles. The predicted octanol–water partition coefficient (Wildman–Crippen LogP) is -3.50. The second kappa shape index (κ2) is 2.14. The van der Waals surface area contributed by atoms with Crippen LogP contribution in [0.4, 0.5) is 0 Å². The van der Waals surface area contributed by atoms with Crippen LogP contribution in [0.1, 0.15) is 0 Å². The van der Waals surface area contributed by atoms with Crippen molar-refractivity contribution >= 4 is 15.2 Å². The molecule has 66 valence electrons. The van der Waals surface area contributed by atoms with Crippen molar-refractivity contribution in [3.05, 3.63) is 0 Å². The summed E-state index contributed by atoms with van der Waals surface area (Å²) in [7, 11) is -11.0. The van der Waals surface area contributed by atoms with Crippen LogP contribution in [0.5, 0.6) is 0 Å². The van der Waals surface area contributed by atoms with Crippen molar-refractivity contribution in [1.82, 2.24) is 0 Å². The molecule has 1 saturated heterocycles. The first-order chi connectivity index (χ1) is 4.71. The molecule has 0 aromatic rings. The van der Waals surface area contributed by atoms with E-state index >= 15 is 0 Å². The van der Waals surface area contributed by atoms with Gasteiger partial charge in [-0.2, -0.15) is 0 Å². The SMILES string of the molecule is O=P([O-])([O-])C1(P(=O)([O-])[O-])CO1. The van der Waals surface area contributed by atoms with Crippen LogP contribution >= 0.6 is 15.2 Å². The van der Waals surface area contributed by atoms with E-state index in [0.717, 1.165) is 0 Å². The van der Waals surface area contributed by atoms with Gasteiger partial charge in [0, 0.05) is 0 Å². The summed E-state index contributed by atoms with van der Waals surface area (Å²) in [6, 6.07) is 0. The van der Waals surface area contributed by atoms with Crippen LogP contribution in [-0.4, -0.2) is 11.7 Å². The second-order valence-electron chi connectivity index (χ2n) is 2.03. The van der Waals surface area contributed by atoms with Gasteiger partial charge in [0.05, 0.1) is 6.61 Å². The fourth-order valence-electron chi connectivity index (χ4n) is 0.531. The number of rotatable bonds is 2. The zero-order chi connectivity index (χ0) is 8.91. The standard InChI is InChI=1S/C2H6O7P2/c3-10(4,5)2(1-9-2)11(6,7)8/h1H2,(H2,3,4,5)(H2,6,7,8)/p-4. The third-order valence-corrected chi connectivity index (χ3v) is 4.96. The number of epoxide rings is 1. The summed E-state index contributed by atoms with van der Waals surface area (Å²) in [4.78, 5) is 40.5. The molecule has 0 bridgehead atoms. The van der Waals surface area contributed by atoms with E-state index in [1.54, 1.807) is 0 Å². The van der Waals surface area contributed by atoms with Crippen molar-refractivity contribution in [3.8, 4) is 0 Å². The average Bonchev–Trinajstić information content (AvgIpc) is 2.31. The van der Waals surface area contributed by atoms with Gasteiger partial charge in [0.15, 0.2) is 0 Å². The Morgan fingerprint density at radius 2 is 1.36 bits per heavy atom. The summed E-state index contributed by atoms with van der Waals surface area (Å²) in [6.45, 7) is -0.846. The predicted molar refractivity (Wildman–Crippen MR) is 23.9 cm³/mol. The fraction of sp³-hybridized carbons (Fsp3) is 1.00. The molecule has 7 nitrogen and oxygen atoms in total. The van der Waals surface area contributed by atoms with E-state index in [4.69, 9.17) is 0 Å². The van der Waals surface area contributed by atoms with Gasteiger partial charge in [0.1, 0.15) is 5.08 Å². The lowest BCUT2D eigenvalue weighted by molar-refractivity contribution is -0.335. The number of hydrogen-bond donors (Lipinski definition) is 0. The molecule has 0 aliphatic carbocycles. The molecule has 0 aromatic carbocycles. The minimum absolute atomic E-state index is 0.846. The molecular weight excluding hydrogens is 198 g/mol. The Hall–Kier alpha value is 0.260. The maximum atomic E-state index is 10.1. The first-order valence-electron chi connectivity index (χ1n) is 2.39. The van der Waals surface area contributed by atoms with Crippen molar-refractivity contribution in [2.24, 2.45) is 0 Å². The van der Waals surface area contributed by atoms with Crippen LogP contribution < -0.4 is 19.6 Å². The Morgan fingerprint density at radius 1 is 1.09 bits per heavy atom. The van der Waals surface area contributed by atoms with E-state index in [-0.39, 0.29) is 0 Å². The topological polar surface area (TPSA) is 139 Å². The van der Waals surface area contributed by atoms with Crippen molar-refractivity contribution < 1.29 is 33.4 Å². The molecule has 0 amide bonds. The van der Waals surface area contributed by atoms with E-state index in [2.05, 4.69) is 4.74 Å². The quantitative estimate of drug-likeness (QED) is 0.332. The first kappa shape index (κ1) is 9.35. The van der Waals surface area contributed by atoms with Gasteiger partial charge >= 0.3 is 0 Å². The van der Waals surface area contributed by atoms with E-state index in [1.165, 1.54) is 0 Å². The van der Waals surface area contributed by atoms with Crippen LogP contribution in [0.2, 0.25) is 0 Å². The van der Waals surface area contributed by atoms with Crippen LogP contribution in [0, 0.1) is 0 Å². The third kappa shape index (κ3) is 1.29. The summed E-state index contributed by atoms with van der Waals surface area (Å²) in [5.74, 6) is 0. The van der Waals surface area contributed by atoms with Crippen LogP contribution in [0.3, 0.4) is 0 Å². The number of ether oxygens (including phenoxy) is 1. The Labute approximate surface area is 61.3 Å². The summed E-state index contributed by atoms with van der Waals surface area (Å²) in [5, 5.41) is -2.99. The lowest BCUT2D eigenvalue weighted by Gasteiger charge is -2.47. The third-order valence-electron chi connectivity index (χ3n) is 1.26. The molecule has 1 fully saturated rings. The molecule has 11 heavy (non-hydrogen) atoms. The monoisotopic (exact) mass is 200 g/mol. The average molecular weight is 200 g/mol. The van der Waals surface area contributed by atoms with Gasteiger partial charge in [-0.15, -0.1) is 0 Å². The molecule has 0 radical (unpaired) electrons. The van der Waals surface area contributed by atoms with E-state index in [1.807, 2.05) is 0 Å². The Kier molecular flexibility index (Phi) is 1.82. The van der Waals surface area contributed by atoms with Crippen molar-refractivity contribution in [3.63, 3.8) is 0 Å². The lowest BCUT2D eigenvalue weighted by atomic mass is 11.0. The Balaban J connectivity index is 3.05. The second-order valence-corrected chi connectivity index (χ2v) is 5.81. The summed E-state index contributed by atoms with van der Waals surface area (Å²) in [5.41, 5.74) is 0. The zero-order valence-electron chi connectivity index (χ0n) is 4.96. The minimum atomic E-state index is -5.49. The highest BCUT2D eigenvalue weighted by Gasteiger charge is 2.51. The van der Waals surface area contributed by atoms with Gasteiger partial charge < -0.3 is 33.4 Å². The van der Waals surface area contributed by atoms with Crippen molar-refractivity contribution in [2.45, 2.75) is 5.08 Å². The van der Waals surface area contributed by atoms with Crippen LogP contribution in [0.25, 0.3) is 0 Å². The lowest BCUT2D eigenvalue weighted by Crippen LogP contribution is -2.36. The minimum Gasteiger partial charge on any atom is -0.808 e. The smallest absolute Gasteiger partial charge is 0.143 e. The maximum absolute atomic E-state index is 10.1. The van der Waals surface area contributed by atoms with Gasteiger partial charge in [-0.25, -0.2) is 0 Å². The molecule has 1 aliphatic rings. The molecule has 9 heteroatoms. The van der Waals surface area contributed by atoms with Gasteiger partial charge in [0.2, 0.25) is 0 Å². The highest BCUT2D eigenvalue weighted by atomic mass is 31.2. The van der Waals surface area contributed by atoms with Crippen LogP contribution in [-0.2, 0) is 13.9 Å². The fourth-order valence-corrected chi connectivity index (χ4v) is 2.49. The van der Waals surface area contributed by atoms with Crippen LogP contribution in [0.15, 0.2) is 0 Å². The normalized spacial score (nSPS) is 23.3. The molecule has 1 rings (SSSR count). The molecule has 0 N–H and O–H groups in total. The summed E-state index contributed by atoms with van der Waals surface area (Å²) < 4.78 is 24.1. The number of hydrogen-bond acceptors (Lipinski definition) is 7. The van der Waals surface area contributed by atoms with Gasteiger partial charge in [-0.1, -0.05) is 0 Å². The maximum Gasteiger partial charge on any atom is 0.143 e. The zero-order valence-corrected chi connectivity index (χ0v) is 6.75. The van der Waals surface area contributed by atoms with Crippen molar-refractivity contribution in [1.29, 1.82) is 0 Å². The molecule has 0 spiro atoms. The summed E-state index contributed by atoms with van der Waals surface area (Å²) in [6.07, 6.45) is 0. The first-order valence-corrected chi connectivity index (χ1v) is 5.47. The van der Waals surface area contributed by atoms with E-state index < -0.39 is 26.9 Å². The summed E-state index contributed by atoms with van der Waals surface area (Å²) >= 11 is 0. The van der Waals surface area contributed by atoms with Gasteiger partial charge in [-0.3, -0.25) is 0 Å². The van der Waals surface area contributed by atoms with Gasteiger partial charge in [-0.05, 0) is 15.2 Å². The molecule has 0 unspecified atom stereocenters. The van der Waals surface area contributed by atoms with E-state index in [9.17, 15) is 28.7 Å². The van der Waals surface area contributed by atoms with Gasteiger partial charge in [0.25, 0.3) is 0 Å². The largest absolute Gasteiger partial charge is 0.808 e. The molecule has 0 aromatic heterocycles. The Morgan fingerprint density at radius 3 is 1.36 bits per heavy atom.